The average Bonchev–Trinajstić information content (AvgIpc) is 2.67. The Bertz CT molecular complexity index is 597. The monoisotopic (exact) mass is 238 g/mol. The van der Waals surface area contributed by atoms with Gasteiger partial charge in [-0.25, -0.2) is 0 Å². The fourth-order valence-corrected chi connectivity index (χ4v) is 2.58. The maximum absolute atomic E-state index is 11.3. The second kappa shape index (κ2) is 3.77. The third-order valence-corrected chi connectivity index (χ3v) is 3.36. The number of hydrogen-bond donors (Lipinski definition) is 1. The first-order valence-corrected chi connectivity index (χ1v) is 6.04. The third kappa shape index (κ3) is 1.87. The molecule has 0 fully saturated rings. The molecule has 0 aliphatic heterocycles. The van der Waals surface area contributed by atoms with E-state index < -0.39 is 10.1 Å². The summed E-state index contributed by atoms with van der Waals surface area (Å²) >= 11 is 0. The highest BCUT2D eigenvalue weighted by atomic mass is 32.2. The molecule has 0 aliphatic rings. The second-order valence-corrected chi connectivity index (χ2v) is 4.80. The van der Waals surface area contributed by atoms with Crippen LogP contribution >= 0.6 is 0 Å². The molecule has 1 heterocycles. The molecule has 0 aliphatic carbocycles. The van der Waals surface area contributed by atoms with E-state index in [0.29, 0.717) is 16.7 Å². The van der Waals surface area contributed by atoms with E-state index in [1.807, 2.05) is 0 Å². The van der Waals surface area contributed by atoms with Crippen molar-refractivity contribution in [2.75, 3.05) is 0 Å². The van der Waals surface area contributed by atoms with E-state index in [0.717, 1.165) is 0 Å². The maximum atomic E-state index is 11.3. The van der Waals surface area contributed by atoms with E-state index in [-0.39, 0.29) is 4.90 Å². The quantitative estimate of drug-likeness (QED) is 0.816. The van der Waals surface area contributed by atoms with Gasteiger partial charge in [0.25, 0.3) is 10.1 Å². The zero-order chi connectivity index (χ0) is 11.8. The molecular formula is C11H10O4S. The van der Waals surface area contributed by atoms with E-state index >= 15 is 0 Å². The topological polar surface area (TPSA) is 67.5 Å². The van der Waals surface area contributed by atoms with Crippen LogP contribution in [0.4, 0.5) is 0 Å². The van der Waals surface area contributed by atoms with Crippen molar-refractivity contribution in [3.05, 3.63) is 42.4 Å². The lowest BCUT2D eigenvalue weighted by Gasteiger charge is -2.07. The highest BCUT2D eigenvalue weighted by Crippen LogP contribution is 2.29. The van der Waals surface area contributed by atoms with Crippen LogP contribution in [0.1, 0.15) is 5.56 Å². The molecule has 16 heavy (non-hydrogen) atoms. The zero-order valence-electron chi connectivity index (χ0n) is 8.54. The van der Waals surface area contributed by atoms with Crippen molar-refractivity contribution >= 4 is 10.1 Å². The fourth-order valence-electron chi connectivity index (χ4n) is 1.64. The smallest absolute Gasteiger partial charge is 0.295 e. The Morgan fingerprint density at radius 2 is 2.00 bits per heavy atom. The number of benzene rings is 1. The summed E-state index contributed by atoms with van der Waals surface area (Å²) in [6, 6.07) is 6.63. The zero-order valence-corrected chi connectivity index (χ0v) is 9.36. The minimum absolute atomic E-state index is 0.0728. The highest BCUT2D eigenvalue weighted by molar-refractivity contribution is 7.86. The molecule has 2 aromatic rings. The Hall–Kier alpha value is -1.59. The summed E-state index contributed by atoms with van der Waals surface area (Å²) in [5, 5.41) is 0. The van der Waals surface area contributed by atoms with Gasteiger partial charge < -0.3 is 4.42 Å². The van der Waals surface area contributed by atoms with E-state index in [9.17, 15) is 13.0 Å². The largest absolute Gasteiger partial charge is 0.472 e. The average molecular weight is 238 g/mol. The molecule has 0 amide bonds. The lowest BCUT2D eigenvalue weighted by atomic mass is 10.1. The highest BCUT2D eigenvalue weighted by Gasteiger charge is 2.19. The molecule has 84 valence electrons. The second-order valence-electron chi connectivity index (χ2n) is 3.44. The van der Waals surface area contributed by atoms with Crippen molar-refractivity contribution in [1.29, 1.82) is 0 Å². The summed E-state index contributed by atoms with van der Waals surface area (Å²) in [6.07, 6.45) is 2.88. The molecule has 1 N–H and O–H groups in total. The first-order chi connectivity index (χ1) is 7.50. The van der Waals surface area contributed by atoms with Crippen LogP contribution in [0, 0.1) is 6.92 Å². The minimum atomic E-state index is -4.23. The molecule has 0 saturated carbocycles. The summed E-state index contributed by atoms with van der Waals surface area (Å²) in [5.41, 5.74) is 1.56. The van der Waals surface area contributed by atoms with Gasteiger partial charge in [0.05, 0.1) is 12.5 Å². The molecule has 2 rings (SSSR count). The van der Waals surface area contributed by atoms with Crippen LogP contribution in [0.25, 0.3) is 11.1 Å². The Balaban J connectivity index is 2.77. The summed E-state index contributed by atoms with van der Waals surface area (Å²) in [4.78, 5) is -0.0728. The SMILES string of the molecule is Cc1cccc(-c2ccoc2)c1S(=O)(=O)O. The van der Waals surface area contributed by atoms with E-state index in [2.05, 4.69) is 0 Å². The molecule has 4 nitrogen and oxygen atoms in total. The van der Waals surface area contributed by atoms with Crippen LogP contribution < -0.4 is 0 Å². The van der Waals surface area contributed by atoms with Crippen molar-refractivity contribution in [3.8, 4) is 11.1 Å². The molecule has 0 bridgehead atoms. The van der Waals surface area contributed by atoms with Crippen LogP contribution in [0.2, 0.25) is 0 Å². The molecule has 0 spiro atoms. The van der Waals surface area contributed by atoms with Gasteiger partial charge in [-0.1, -0.05) is 18.2 Å². The third-order valence-electron chi connectivity index (χ3n) is 2.30. The van der Waals surface area contributed by atoms with Crippen molar-refractivity contribution in [3.63, 3.8) is 0 Å². The van der Waals surface area contributed by atoms with Crippen LogP contribution in [-0.2, 0) is 10.1 Å². The van der Waals surface area contributed by atoms with Crippen molar-refractivity contribution in [2.45, 2.75) is 11.8 Å². The van der Waals surface area contributed by atoms with Gasteiger partial charge in [0, 0.05) is 11.1 Å². The van der Waals surface area contributed by atoms with E-state index in [4.69, 9.17) is 4.42 Å². The standard InChI is InChI=1S/C11H10O4S/c1-8-3-2-4-10(9-5-6-15-7-9)11(8)16(12,13)14/h2-7H,1H3,(H,12,13,14). The Morgan fingerprint density at radius 1 is 1.25 bits per heavy atom. The maximum Gasteiger partial charge on any atom is 0.295 e. The number of hydrogen-bond acceptors (Lipinski definition) is 3. The lowest BCUT2D eigenvalue weighted by Crippen LogP contribution is -2.03. The first-order valence-electron chi connectivity index (χ1n) is 4.60. The van der Waals surface area contributed by atoms with Gasteiger partial charge in [0.15, 0.2) is 0 Å². The number of furan rings is 1. The predicted octanol–water partition coefficient (Wildman–Crippen LogP) is 2.50. The van der Waals surface area contributed by atoms with Gasteiger partial charge in [-0.2, -0.15) is 8.42 Å². The van der Waals surface area contributed by atoms with Crippen LogP contribution in [-0.4, -0.2) is 13.0 Å². The van der Waals surface area contributed by atoms with Crippen molar-refractivity contribution in [2.24, 2.45) is 0 Å². The van der Waals surface area contributed by atoms with E-state index in [1.54, 1.807) is 31.2 Å². The van der Waals surface area contributed by atoms with Gasteiger partial charge in [0.2, 0.25) is 0 Å². The van der Waals surface area contributed by atoms with E-state index in [1.165, 1.54) is 12.5 Å². The first kappa shape index (κ1) is 10.9. The van der Waals surface area contributed by atoms with Crippen molar-refractivity contribution < 1.29 is 17.4 Å². The summed E-state index contributed by atoms with van der Waals surface area (Å²) < 4.78 is 36.7. The Labute approximate surface area is 93.3 Å². The van der Waals surface area contributed by atoms with Gasteiger partial charge in [-0.3, -0.25) is 4.55 Å². The molecule has 1 aromatic carbocycles. The number of aryl methyl sites for hydroxylation is 1. The minimum Gasteiger partial charge on any atom is -0.472 e. The molecule has 0 unspecified atom stereocenters. The van der Waals surface area contributed by atoms with Crippen LogP contribution in [0.5, 0.6) is 0 Å². The normalized spacial score (nSPS) is 11.6. The molecule has 0 saturated heterocycles. The Kier molecular flexibility index (Phi) is 2.57. The molecule has 0 radical (unpaired) electrons. The number of rotatable bonds is 2. The van der Waals surface area contributed by atoms with Gasteiger partial charge >= 0.3 is 0 Å². The van der Waals surface area contributed by atoms with Gasteiger partial charge in [-0.15, -0.1) is 0 Å². The van der Waals surface area contributed by atoms with Gasteiger partial charge in [0.1, 0.15) is 4.90 Å². The van der Waals surface area contributed by atoms with Crippen LogP contribution in [0.15, 0.2) is 46.1 Å². The molecule has 0 atom stereocenters. The molecule has 5 heteroatoms. The Morgan fingerprint density at radius 3 is 2.56 bits per heavy atom. The summed E-state index contributed by atoms with van der Waals surface area (Å²) in [7, 11) is -4.23. The van der Waals surface area contributed by atoms with Crippen molar-refractivity contribution in [1.82, 2.24) is 0 Å². The lowest BCUT2D eigenvalue weighted by molar-refractivity contribution is 0.483. The molecule has 1 aromatic heterocycles. The molecular weight excluding hydrogens is 228 g/mol. The summed E-state index contributed by atoms with van der Waals surface area (Å²) in [5.74, 6) is 0. The fraction of sp³-hybridized carbons (Fsp3) is 0.0909. The van der Waals surface area contributed by atoms with Crippen LogP contribution in [0.3, 0.4) is 0 Å². The predicted molar refractivity (Wildman–Crippen MR) is 58.7 cm³/mol. The summed E-state index contributed by atoms with van der Waals surface area (Å²) in [6.45, 7) is 1.63. The van der Waals surface area contributed by atoms with Gasteiger partial charge in [-0.05, 0) is 18.6 Å².